The number of rotatable bonds is 10. The highest BCUT2D eigenvalue weighted by Crippen LogP contribution is 2.18. The van der Waals surface area contributed by atoms with Gasteiger partial charge in [-0.2, -0.15) is 4.31 Å². The molecule has 0 fully saturated rings. The molecule has 0 spiro atoms. The van der Waals surface area contributed by atoms with E-state index in [0.717, 1.165) is 15.4 Å². The van der Waals surface area contributed by atoms with Gasteiger partial charge >= 0.3 is 0 Å². The maximum absolute atomic E-state index is 13.3. The van der Waals surface area contributed by atoms with Crippen LogP contribution in [0.15, 0.2) is 53.4 Å². The van der Waals surface area contributed by atoms with Crippen LogP contribution in [0.2, 0.25) is 5.02 Å². The van der Waals surface area contributed by atoms with Gasteiger partial charge in [-0.3, -0.25) is 9.59 Å². The van der Waals surface area contributed by atoms with Gasteiger partial charge in [-0.1, -0.05) is 55.3 Å². The Morgan fingerprint density at radius 1 is 1.00 bits per heavy atom. The number of hydrogen-bond acceptors (Lipinski definition) is 4. The first kappa shape index (κ1) is 26.8. The summed E-state index contributed by atoms with van der Waals surface area (Å²) in [5.74, 6) is -0.492. The van der Waals surface area contributed by atoms with Crippen molar-refractivity contribution in [3.8, 4) is 0 Å². The zero-order valence-electron chi connectivity index (χ0n) is 19.7. The first-order valence-corrected chi connectivity index (χ1v) is 12.6. The van der Waals surface area contributed by atoms with E-state index < -0.39 is 28.5 Å². The number of nitrogens with zero attached hydrogens (tertiary/aromatic N) is 2. The van der Waals surface area contributed by atoms with Crippen molar-refractivity contribution in [2.75, 3.05) is 20.1 Å². The zero-order chi connectivity index (χ0) is 24.8. The Kier molecular flexibility index (Phi) is 9.46. The molecule has 9 heteroatoms. The number of aryl methyl sites for hydroxylation is 1. The fourth-order valence-corrected chi connectivity index (χ4v) is 4.32. The van der Waals surface area contributed by atoms with E-state index in [-0.39, 0.29) is 23.3 Å². The zero-order valence-corrected chi connectivity index (χ0v) is 21.3. The molecule has 0 heterocycles. The van der Waals surface area contributed by atoms with Crippen molar-refractivity contribution in [1.82, 2.24) is 14.5 Å². The van der Waals surface area contributed by atoms with E-state index in [2.05, 4.69) is 5.32 Å². The summed E-state index contributed by atoms with van der Waals surface area (Å²) in [6, 6.07) is 12.6. The lowest BCUT2D eigenvalue weighted by molar-refractivity contribution is -0.140. The van der Waals surface area contributed by atoms with E-state index in [9.17, 15) is 18.0 Å². The quantitative estimate of drug-likeness (QED) is 0.549. The van der Waals surface area contributed by atoms with Gasteiger partial charge in [0.05, 0.1) is 11.4 Å². The number of likely N-dealkylation sites (N-methyl/N-ethyl adjacent to an activating group) is 1. The molecule has 1 atom stereocenters. The molecule has 0 aliphatic carbocycles. The molecule has 0 saturated heterocycles. The molecule has 1 N–H and O–H groups in total. The molecule has 7 nitrogen and oxygen atoms in total. The number of nitrogens with one attached hydrogen (secondary N) is 1. The minimum Gasteiger partial charge on any atom is -0.354 e. The fraction of sp³-hybridized carbons (Fsp3) is 0.417. The Morgan fingerprint density at radius 2 is 1.58 bits per heavy atom. The van der Waals surface area contributed by atoms with Crippen LogP contribution in [0.1, 0.15) is 31.9 Å². The maximum Gasteiger partial charge on any atom is 0.243 e. The average Bonchev–Trinajstić information content (AvgIpc) is 2.76. The molecule has 180 valence electrons. The van der Waals surface area contributed by atoms with Gasteiger partial charge in [0.15, 0.2) is 0 Å². The van der Waals surface area contributed by atoms with E-state index in [1.807, 2.05) is 45.0 Å². The van der Waals surface area contributed by atoms with Gasteiger partial charge in [0.1, 0.15) is 6.04 Å². The molecule has 2 aromatic carbocycles. The van der Waals surface area contributed by atoms with Crippen LogP contribution in [0, 0.1) is 12.8 Å². The molecule has 0 saturated carbocycles. The van der Waals surface area contributed by atoms with E-state index in [1.54, 1.807) is 6.92 Å². The summed E-state index contributed by atoms with van der Waals surface area (Å²) in [5.41, 5.74) is 1.92. The van der Waals surface area contributed by atoms with Crippen molar-refractivity contribution in [3.63, 3.8) is 0 Å². The molecule has 0 bridgehead atoms. The number of halogens is 1. The highest BCUT2D eigenvalue weighted by atomic mass is 35.5. The monoisotopic (exact) mass is 493 g/mol. The van der Waals surface area contributed by atoms with E-state index in [4.69, 9.17) is 11.6 Å². The van der Waals surface area contributed by atoms with Crippen molar-refractivity contribution < 1.29 is 18.0 Å². The minimum atomic E-state index is -3.90. The Labute approximate surface area is 201 Å². The molecular formula is C24H32ClN3O4S. The Bertz CT molecular complexity index is 1050. The third-order valence-electron chi connectivity index (χ3n) is 5.21. The van der Waals surface area contributed by atoms with Crippen LogP contribution in [0.25, 0.3) is 0 Å². The van der Waals surface area contributed by atoms with Crippen LogP contribution >= 0.6 is 11.6 Å². The van der Waals surface area contributed by atoms with Crippen LogP contribution in [0.4, 0.5) is 0 Å². The molecule has 2 aromatic rings. The first-order valence-electron chi connectivity index (χ1n) is 10.8. The van der Waals surface area contributed by atoms with Crippen LogP contribution < -0.4 is 5.32 Å². The molecule has 2 amide bonds. The number of hydrogen-bond donors (Lipinski definition) is 1. The van der Waals surface area contributed by atoms with Gasteiger partial charge < -0.3 is 10.2 Å². The molecule has 0 aliphatic rings. The van der Waals surface area contributed by atoms with Crippen molar-refractivity contribution in [2.24, 2.45) is 5.92 Å². The summed E-state index contributed by atoms with van der Waals surface area (Å²) in [7, 11) is -2.56. The Morgan fingerprint density at radius 3 is 2.12 bits per heavy atom. The normalized spacial score (nSPS) is 12.6. The standard InChI is InChI=1S/C24H32ClN3O4S/c1-17(2)14-26-24(30)19(4)28(15-20-8-6-18(3)7-9-20)23(29)16-27(5)33(31,32)22-12-10-21(25)11-13-22/h6-13,17,19H,14-16H2,1-5H3,(H,26,30)/t19-/m1/s1. The van der Waals surface area contributed by atoms with E-state index in [1.165, 1.54) is 36.2 Å². The summed E-state index contributed by atoms with van der Waals surface area (Å²) in [5, 5.41) is 3.26. The van der Waals surface area contributed by atoms with Crippen LogP contribution in [-0.4, -0.2) is 55.6 Å². The third-order valence-corrected chi connectivity index (χ3v) is 7.27. The fourth-order valence-electron chi connectivity index (χ4n) is 3.08. The average molecular weight is 494 g/mol. The number of sulfonamides is 1. The van der Waals surface area contributed by atoms with Gasteiger partial charge in [0.25, 0.3) is 0 Å². The highest BCUT2D eigenvalue weighted by molar-refractivity contribution is 7.89. The Hall–Kier alpha value is -2.42. The van der Waals surface area contributed by atoms with Crippen LogP contribution in [0.5, 0.6) is 0 Å². The smallest absolute Gasteiger partial charge is 0.243 e. The maximum atomic E-state index is 13.3. The molecular weight excluding hydrogens is 462 g/mol. The molecule has 0 aliphatic heterocycles. The molecule has 0 unspecified atom stereocenters. The first-order chi connectivity index (χ1) is 15.4. The summed E-state index contributed by atoms with van der Waals surface area (Å²) >= 11 is 5.86. The lowest BCUT2D eigenvalue weighted by Crippen LogP contribution is -2.51. The van der Waals surface area contributed by atoms with Gasteiger partial charge in [-0.05, 0) is 49.6 Å². The number of carbonyl (C=O) groups excluding carboxylic acids is 2. The molecule has 0 radical (unpaired) electrons. The largest absolute Gasteiger partial charge is 0.354 e. The number of amides is 2. The third kappa shape index (κ3) is 7.55. The van der Waals surface area contributed by atoms with Crippen molar-refractivity contribution in [2.45, 2.75) is 45.2 Å². The van der Waals surface area contributed by atoms with E-state index in [0.29, 0.717) is 11.6 Å². The van der Waals surface area contributed by atoms with Crippen molar-refractivity contribution in [3.05, 3.63) is 64.7 Å². The van der Waals surface area contributed by atoms with Gasteiger partial charge in [0.2, 0.25) is 21.8 Å². The predicted molar refractivity (Wildman–Crippen MR) is 130 cm³/mol. The van der Waals surface area contributed by atoms with Gasteiger partial charge in [-0.25, -0.2) is 8.42 Å². The second-order valence-corrected chi connectivity index (χ2v) is 11.0. The second-order valence-electron chi connectivity index (χ2n) is 8.54. The van der Waals surface area contributed by atoms with Crippen molar-refractivity contribution >= 4 is 33.4 Å². The van der Waals surface area contributed by atoms with Crippen LogP contribution in [0.3, 0.4) is 0 Å². The summed E-state index contributed by atoms with van der Waals surface area (Å²) in [4.78, 5) is 27.4. The Balaban J connectivity index is 2.24. The molecule has 0 aromatic heterocycles. The summed E-state index contributed by atoms with van der Waals surface area (Å²) in [6.07, 6.45) is 0. The summed E-state index contributed by atoms with van der Waals surface area (Å²) in [6.45, 7) is 7.84. The van der Waals surface area contributed by atoms with Crippen LogP contribution in [-0.2, 0) is 26.2 Å². The van der Waals surface area contributed by atoms with Crippen molar-refractivity contribution in [1.29, 1.82) is 0 Å². The highest BCUT2D eigenvalue weighted by Gasteiger charge is 2.30. The molecule has 33 heavy (non-hydrogen) atoms. The van der Waals surface area contributed by atoms with E-state index >= 15 is 0 Å². The predicted octanol–water partition coefficient (Wildman–Crippen LogP) is 3.46. The van der Waals surface area contributed by atoms with Gasteiger partial charge in [-0.15, -0.1) is 0 Å². The van der Waals surface area contributed by atoms with Gasteiger partial charge in [0, 0.05) is 25.2 Å². The lowest BCUT2D eigenvalue weighted by atomic mass is 10.1. The minimum absolute atomic E-state index is 0.0370. The second kappa shape index (κ2) is 11.6. The number of carbonyl (C=O) groups is 2. The number of benzene rings is 2. The topological polar surface area (TPSA) is 86.8 Å². The lowest BCUT2D eigenvalue weighted by Gasteiger charge is -2.30. The summed E-state index contributed by atoms with van der Waals surface area (Å²) < 4.78 is 26.8. The SMILES string of the molecule is Cc1ccc(CN(C(=O)CN(C)S(=O)(=O)c2ccc(Cl)cc2)[C@H](C)C(=O)NCC(C)C)cc1. The molecule has 2 rings (SSSR count).